The Kier molecular flexibility index (Phi) is 3.41. The SMILES string of the molecule is O=[N+]([O-])c1cc(CNCC2CC2)ccc1Cl. The lowest BCUT2D eigenvalue weighted by molar-refractivity contribution is -0.384. The van der Waals surface area contributed by atoms with Crippen LogP contribution in [-0.2, 0) is 6.54 Å². The molecule has 2 rings (SSSR count). The van der Waals surface area contributed by atoms with Gasteiger partial charge in [0, 0.05) is 12.6 Å². The van der Waals surface area contributed by atoms with Crippen LogP contribution in [0.25, 0.3) is 0 Å². The molecule has 1 saturated carbocycles. The summed E-state index contributed by atoms with van der Waals surface area (Å²) in [6, 6.07) is 4.92. The Morgan fingerprint density at radius 2 is 2.25 bits per heavy atom. The molecule has 1 aliphatic rings. The highest BCUT2D eigenvalue weighted by atomic mass is 35.5. The van der Waals surface area contributed by atoms with E-state index in [1.807, 2.05) is 6.07 Å². The van der Waals surface area contributed by atoms with Crippen molar-refractivity contribution in [2.24, 2.45) is 5.92 Å². The second kappa shape index (κ2) is 4.80. The number of nitrogens with one attached hydrogen (secondary N) is 1. The van der Waals surface area contributed by atoms with Crippen LogP contribution in [0.3, 0.4) is 0 Å². The van der Waals surface area contributed by atoms with Crippen molar-refractivity contribution < 1.29 is 4.92 Å². The highest BCUT2D eigenvalue weighted by Gasteiger charge is 2.20. The van der Waals surface area contributed by atoms with E-state index in [0.29, 0.717) is 6.54 Å². The van der Waals surface area contributed by atoms with Crippen LogP contribution in [0.4, 0.5) is 5.69 Å². The highest BCUT2D eigenvalue weighted by Crippen LogP contribution is 2.28. The Balaban J connectivity index is 1.97. The van der Waals surface area contributed by atoms with Crippen molar-refractivity contribution in [3.05, 3.63) is 38.9 Å². The molecule has 0 unspecified atom stereocenters. The van der Waals surface area contributed by atoms with Crippen LogP contribution in [0, 0.1) is 16.0 Å². The summed E-state index contributed by atoms with van der Waals surface area (Å²) in [5.74, 6) is 0.808. The summed E-state index contributed by atoms with van der Waals surface area (Å²) in [5.41, 5.74) is 0.879. The van der Waals surface area contributed by atoms with Gasteiger partial charge in [-0.25, -0.2) is 0 Å². The number of hydrogen-bond acceptors (Lipinski definition) is 3. The summed E-state index contributed by atoms with van der Waals surface area (Å²) in [6.45, 7) is 1.66. The molecule has 16 heavy (non-hydrogen) atoms. The van der Waals surface area contributed by atoms with E-state index in [1.165, 1.54) is 18.9 Å². The third-order valence-electron chi connectivity index (χ3n) is 2.67. The molecule has 0 radical (unpaired) electrons. The van der Waals surface area contributed by atoms with Crippen LogP contribution >= 0.6 is 11.6 Å². The minimum absolute atomic E-state index is 0.0209. The third kappa shape index (κ3) is 2.93. The Labute approximate surface area is 98.8 Å². The van der Waals surface area contributed by atoms with Crippen LogP contribution in [0.5, 0.6) is 0 Å². The van der Waals surface area contributed by atoms with Gasteiger partial charge in [0.2, 0.25) is 0 Å². The van der Waals surface area contributed by atoms with Crippen LogP contribution in [0.2, 0.25) is 5.02 Å². The molecule has 1 N–H and O–H groups in total. The van der Waals surface area contributed by atoms with Crippen molar-refractivity contribution in [1.82, 2.24) is 5.32 Å². The zero-order chi connectivity index (χ0) is 11.5. The smallest absolute Gasteiger partial charge is 0.288 e. The molecule has 0 amide bonds. The van der Waals surface area contributed by atoms with Crippen LogP contribution in [-0.4, -0.2) is 11.5 Å². The zero-order valence-electron chi connectivity index (χ0n) is 8.78. The molecule has 1 aromatic rings. The summed E-state index contributed by atoms with van der Waals surface area (Å²) in [7, 11) is 0. The number of nitro benzene ring substituents is 1. The summed E-state index contributed by atoms with van der Waals surface area (Å²) < 4.78 is 0. The fraction of sp³-hybridized carbons (Fsp3) is 0.455. The Morgan fingerprint density at radius 3 is 2.88 bits per heavy atom. The van der Waals surface area contributed by atoms with E-state index in [9.17, 15) is 10.1 Å². The number of halogens is 1. The maximum Gasteiger partial charge on any atom is 0.288 e. The third-order valence-corrected chi connectivity index (χ3v) is 2.99. The number of hydrogen-bond donors (Lipinski definition) is 1. The maximum absolute atomic E-state index is 10.7. The summed E-state index contributed by atoms with van der Waals surface area (Å²) >= 11 is 5.72. The van der Waals surface area contributed by atoms with Crippen molar-refractivity contribution in [3.8, 4) is 0 Å². The largest absolute Gasteiger partial charge is 0.312 e. The lowest BCUT2D eigenvalue weighted by Gasteiger charge is -2.04. The average molecular weight is 241 g/mol. The van der Waals surface area contributed by atoms with E-state index in [2.05, 4.69) is 5.32 Å². The van der Waals surface area contributed by atoms with E-state index in [0.717, 1.165) is 18.0 Å². The number of benzene rings is 1. The molecule has 0 atom stereocenters. The molecule has 1 aromatic carbocycles. The van der Waals surface area contributed by atoms with Crippen LogP contribution < -0.4 is 5.32 Å². The zero-order valence-corrected chi connectivity index (χ0v) is 9.54. The molecular weight excluding hydrogens is 228 g/mol. The first-order valence-corrected chi connectivity index (χ1v) is 5.68. The molecule has 0 heterocycles. The number of rotatable bonds is 5. The predicted octanol–water partition coefficient (Wildman–Crippen LogP) is 2.75. The predicted molar refractivity (Wildman–Crippen MR) is 62.5 cm³/mol. The number of nitrogens with zero attached hydrogens (tertiary/aromatic N) is 1. The normalized spacial score (nSPS) is 15.1. The molecule has 0 aliphatic heterocycles. The van der Waals surface area contributed by atoms with Gasteiger partial charge < -0.3 is 5.32 Å². The molecule has 1 aliphatic carbocycles. The molecular formula is C11H13ClN2O2. The summed E-state index contributed by atoms with van der Waals surface area (Å²) in [6.07, 6.45) is 2.60. The summed E-state index contributed by atoms with van der Waals surface area (Å²) in [5, 5.41) is 14.1. The van der Waals surface area contributed by atoms with Crippen molar-refractivity contribution in [1.29, 1.82) is 0 Å². The highest BCUT2D eigenvalue weighted by molar-refractivity contribution is 6.32. The van der Waals surface area contributed by atoms with Gasteiger partial charge in [0.05, 0.1) is 4.92 Å². The van der Waals surface area contributed by atoms with Gasteiger partial charge in [0.1, 0.15) is 5.02 Å². The van der Waals surface area contributed by atoms with E-state index in [4.69, 9.17) is 11.6 Å². The minimum Gasteiger partial charge on any atom is -0.312 e. The lowest BCUT2D eigenvalue weighted by atomic mass is 10.2. The van der Waals surface area contributed by atoms with Gasteiger partial charge >= 0.3 is 0 Å². The Morgan fingerprint density at radius 1 is 1.50 bits per heavy atom. The second-order valence-corrected chi connectivity index (χ2v) is 4.52. The first kappa shape index (κ1) is 11.4. The average Bonchev–Trinajstić information content (AvgIpc) is 3.04. The maximum atomic E-state index is 10.7. The minimum atomic E-state index is -0.452. The van der Waals surface area contributed by atoms with Gasteiger partial charge in [-0.3, -0.25) is 10.1 Å². The molecule has 0 bridgehead atoms. The second-order valence-electron chi connectivity index (χ2n) is 4.12. The van der Waals surface area contributed by atoms with Crippen molar-refractivity contribution >= 4 is 17.3 Å². The Hall–Kier alpha value is -1.13. The molecule has 0 saturated heterocycles. The Bertz CT molecular complexity index is 405. The van der Waals surface area contributed by atoms with Crippen molar-refractivity contribution in [2.45, 2.75) is 19.4 Å². The lowest BCUT2D eigenvalue weighted by Crippen LogP contribution is -2.16. The monoisotopic (exact) mass is 240 g/mol. The molecule has 4 nitrogen and oxygen atoms in total. The van der Waals surface area contributed by atoms with E-state index in [1.54, 1.807) is 6.07 Å². The van der Waals surface area contributed by atoms with Gasteiger partial charge in [-0.15, -0.1) is 0 Å². The number of nitro groups is 1. The van der Waals surface area contributed by atoms with Gasteiger partial charge in [-0.2, -0.15) is 0 Å². The fourth-order valence-corrected chi connectivity index (χ4v) is 1.74. The molecule has 0 spiro atoms. The molecule has 86 valence electrons. The standard InChI is InChI=1S/C11H13ClN2O2/c12-10-4-3-9(5-11(10)14(15)16)7-13-6-8-1-2-8/h3-5,8,13H,1-2,6-7H2. The van der Waals surface area contributed by atoms with Gasteiger partial charge in [0.25, 0.3) is 5.69 Å². The van der Waals surface area contributed by atoms with E-state index >= 15 is 0 Å². The topological polar surface area (TPSA) is 55.2 Å². The molecule has 5 heteroatoms. The quantitative estimate of drug-likeness (QED) is 0.636. The molecule has 1 fully saturated rings. The van der Waals surface area contributed by atoms with Gasteiger partial charge in [-0.05, 0) is 36.9 Å². The van der Waals surface area contributed by atoms with Crippen LogP contribution in [0.15, 0.2) is 18.2 Å². The summed E-state index contributed by atoms with van der Waals surface area (Å²) in [4.78, 5) is 10.2. The fourth-order valence-electron chi connectivity index (χ4n) is 1.55. The van der Waals surface area contributed by atoms with Crippen LogP contribution in [0.1, 0.15) is 18.4 Å². The van der Waals surface area contributed by atoms with E-state index < -0.39 is 4.92 Å². The first-order chi connectivity index (χ1) is 7.66. The van der Waals surface area contributed by atoms with Gasteiger partial charge in [0.15, 0.2) is 0 Å². The van der Waals surface area contributed by atoms with Gasteiger partial charge in [-0.1, -0.05) is 17.7 Å². The molecule has 0 aromatic heterocycles. The first-order valence-electron chi connectivity index (χ1n) is 5.30. The van der Waals surface area contributed by atoms with Crippen molar-refractivity contribution in [3.63, 3.8) is 0 Å². The van der Waals surface area contributed by atoms with Crippen molar-refractivity contribution in [2.75, 3.05) is 6.54 Å². The van der Waals surface area contributed by atoms with E-state index in [-0.39, 0.29) is 10.7 Å².